The molecular weight excluding hydrogens is 362 g/mol. The molecule has 136 valence electrons. The third-order valence-electron chi connectivity index (χ3n) is 4.52. The third kappa shape index (κ3) is 3.22. The largest absolute Gasteiger partial charge is 0.340 e. The van der Waals surface area contributed by atoms with E-state index in [1.165, 1.54) is 24.5 Å². The average molecular weight is 379 g/mol. The number of fused-ring (bicyclic) bond motifs is 1. The van der Waals surface area contributed by atoms with E-state index < -0.39 is 12.2 Å². The van der Waals surface area contributed by atoms with E-state index >= 15 is 0 Å². The van der Waals surface area contributed by atoms with Crippen LogP contribution in [-0.4, -0.2) is 44.8 Å². The molecule has 1 fully saturated rings. The zero-order chi connectivity index (χ0) is 18.3. The van der Waals surface area contributed by atoms with E-state index in [4.69, 9.17) is 17.3 Å². The molecule has 3 heterocycles. The Balaban J connectivity index is 1.76. The molecule has 1 aliphatic rings. The number of aromatic nitrogens is 4. The molecule has 9 heteroatoms. The highest BCUT2D eigenvalue weighted by molar-refractivity contribution is 6.30. The van der Waals surface area contributed by atoms with Gasteiger partial charge in [0.25, 0.3) is 0 Å². The number of piperidine rings is 1. The second-order valence-corrected chi connectivity index (χ2v) is 6.80. The Morgan fingerprint density at radius 1 is 1.27 bits per heavy atom. The van der Waals surface area contributed by atoms with Crippen LogP contribution in [-0.2, 0) is 6.54 Å². The topological polar surface area (TPSA) is 72.9 Å². The number of hydrogen-bond acceptors (Lipinski definition) is 5. The third-order valence-corrected chi connectivity index (χ3v) is 4.71. The standard InChI is InChI=1S/C17H17ClF2N6/c18-10-6-22-16(23-7-10)9-26-15-2-1-11(19)5-14(15)24-17(26)25-4-3-12(20)13(21)8-25/h1-2,5-7,12-13H,3-4,8-9,21H2/t12-,13+/m0/s1. The lowest BCUT2D eigenvalue weighted by atomic mass is 10.1. The summed E-state index contributed by atoms with van der Waals surface area (Å²) in [7, 11) is 0. The molecule has 0 aliphatic carbocycles. The van der Waals surface area contributed by atoms with Gasteiger partial charge in [0.2, 0.25) is 5.95 Å². The van der Waals surface area contributed by atoms with Gasteiger partial charge in [0.05, 0.1) is 28.6 Å². The summed E-state index contributed by atoms with van der Waals surface area (Å²) in [5.41, 5.74) is 7.16. The van der Waals surface area contributed by atoms with Gasteiger partial charge >= 0.3 is 0 Å². The fraction of sp³-hybridized carbons (Fsp3) is 0.353. The monoisotopic (exact) mass is 378 g/mol. The van der Waals surface area contributed by atoms with Crippen molar-refractivity contribution in [2.75, 3.05) is 18.0 Å². The summed E-state index contributed by atoms with van der Waals surface area (Å²) in [6, 6.07) is 3.84. The van der Waals surface area contributed by atoms with Gasteiger partial charge in [-0.2, -0.15) is 0 Å². The molecule has 0 spiro atoms. The molecule has 0 unspecified atom stereocenters. The van der Waals surface area contributed by atoms with Gasteiger partial charge in [-0.25, -0.2) is 23.7 Å². The Bertz CT molecular complexity index is 929. The van der Waals surface area contributed by atoms with E-state index in [2.05, 4.69) is 15.0 Å². The van der Waals surface area contributed by atoms with Gasteiger partial charge in [0, 0.05) is 31.5 Å². The van der Waals surface area contributed by atoms with Crippen LogP contribution in [0.3, 0.4) is 0 Å². The Hall–Kier alpha value is -2.32. The molecule has 26 heavy (non-hydrogen) atoms. The summed E-state index contributed by atoms with van der Waals surface area (Å²) < 4.78 is 29.3. The Morgan fingerprint density at radius 2 is 2.04 bits per heavy atom. The number of imidazole rings is 1. The molecule has 0 radical (unpaired) electrons. The number of nitrogens with zero attached hydrogens (tertiary/aromatic N) is 5. The number of hydrogen-bond donors (Lipinski definition) is 1. The maximum Gasteiger partial charge on any atom is 0.207 e. The SMILES string of the molecule is N[C@@H]1CN(c2nc3cc(F)ccc3n2Cc2ncc(Cl)cn2)CC[C@@H]1F. The molecule has 0 bridgehead atoms. The van der Waals surface area contributed by atoms with Crippen molar-refractivity contribution >= 4 is 28.6 Å². The summed E-state index contributed by atoms with van der Waals surface area (Å²) in [5, 5.41) is 0.447. The van der Waals surface area contributed by atoms with Gasteiger partial charge < -0.3 is 15.2 Å². The molecule has 0 saturated carbocycles. The number of halogens is 3. The van der Waals surface area contributed by atoms with Gasteiger partial charge in [0.1, 0.15) is 17.8 Å². The van der Waals surface area contributed by atoms with E-state index in [1.807, 2.05) is 9.47 Å². The van der Waals surface area contributed by atoms with Crippen LogP contribution in [0.4, 0.5) is 14.7 Å². The van der Waals surface area contributed by atoms with E-state index in [9.17, 15) is 8.78 Å². The van der Waals surface area contributed by atoms with Crippen LogP contribution in [0, 0.1) is 5.82 Å². The first-order valence-electron chi connectivity index (χ1n) is 8.28. The molecular formula is C17H17ClF2N6. The predicted molar refractivity (Wildman–Crippen MR) is 95.5 cm³/mol. The van der Waals surface area contributed by atoms with Crippen LogP contribution in [0.1, 0.15) is 12.2 Å². The lowest BCUT2D eigenvalue weighted by Crippen LogP contribution is -2.50. The van der Waals surface area contributed by atoms with Crippen LogP contribution >= 0.6 is 11.6 Å². The van der Waals surface area contributed by atoms with Crippen molar-refractivity contribution in [1.82, 2.24) is 19.5 Å². The molecule has 2 N–H and O–H groups in total. The zero-order valence-electron chi connectivity index (χ0n) is 13.8. The maximum absolute atomic E-state index is 13.7. The summed E-state index contributed by atoms with van der Waals surface area (Å²) in [6.45, 7) is 1.16. The second kappa shape index (κ2) is 6.77. The van der Waals surface area contributed by atoms with Gasteiger partial charge in [-0.15, -0.1) is 0 Å². The van der Waals surface area contributed by atoms with Gasteiger partial charge in [-0.05, 0) is 18.6 Å². The highest BCUT2D eigenvalue weighted by atomic mass is 35.5. The summed E-state index contributed by atoms with van der Waals surface area (Å²) in [5.74, 6) is 0.783. The van der Waals surface area contributed by atoms with Crippen LogP contribution in [0.25, 0.3) is 11.0 Å². The lowest BCUT2D eigenvalue weighted by Gasteiger charge is -2.34. The molecule has 6 nitrogen and oxygen atoms in total. The first kappa shape index (κ1) is 17.1. The number of rotatable bonds is 3. The second-order valence-electron chi connectivity index (χ2n) is 6.36. The Morgan fingerprint density at radius 3 is 2.77 bits per heavy atom. The minimum absolute atomic E-state index is 0.330. The molecule has 2 atom stereocenters. The van der Waals surface area contributed by atoms with Crippen LogP contribution < -0.4 is 10.6 Å². The van der Waals surface area contributed by atoms with Crippen molar-refractivity contribution in [1.29, 1.82) is 0 Å². The van der Waals surface area contributed by atoms with Crippen molar-refractivity contribution in [3.8, 4) is 0 Å². The quantitative estimate of drug-likeness (QED) is 0.758. The van der Waals surface area contributed by atoms with E-state index in [0.717, 1.165) is 5.52 Å². The van der Waals surface area contributed by atoms with Crippen LogP contribution in [0.5, 0.6) is 0 Å². The Labute approximate surface area is 153 Å². The fourth-order valence-electron chi connectivity index (χ4n) is 3.18. The Kier molecular flexibility index (Phi) is 4.46. The average Bonchev–Trinajstić information content (AvgIpc) is 2.97. The minimum atomic E-state index is -1.03. The van der Waals surface area contributed by atoms with Crippen LogP contribution in [0.15, 0.2) is 30.6 Å². The van der Waals surface area contributed by atoms with Crippen molar-refractivity contribution in [3.63, 3.8) is 0 Å². The van der Waals surface area contributed by atoms with Crippen molar-refractivity contribution < 1.29 is 8.78 Å². The van der Waals surface area contributed by atoms with Crippen molar-refractivity contribution in [2.45, 2.75) is 25.2 Å². The predicted octanol–water partition coefficient (Wildman–Crippen LogP) is 2.54. The first-order chi connectivity index (χ1) is 12.5. The van der Waals surface area contributed by atoms with Crippen molar-refractivity contribution in [2.24, 2.45) is 5.73 Å². The minimum Gasteiger partial charge on any atom is -0.340 e. The van der Waals surface area contributed by atoms with E-state index in [0.29, 0.717) is 48.4 Å². The smallest absolute Gasteiger partial charge is 0.207 e. The lowest BCUT2D eigenvalue weighted by molar-refractivity contribution is 0.243. The van der Waals surface area contributed by atoms with Crippen molar-refractivity contribution in [3.05, 3.63) is 47.3 Å². The maximum atomic E-state index is 13.7. The summed E-state index contributed by atoms with van der Waals surface area (Å²) >= 11 is 5.85. The van der Waals surface area contributed by atoms with E-state index in [1.54, 1.807) is 6.07 Å². The fourth-order valence-corrected chi connectivity index (χ4v) is 3.28. The van der Waals surface area contributed by atoms with Gasteiger partial charge in [-0.3, -0.25) is 0 Å². The van der Waals surface area contributed by atoms with Gasteiger partial charge in [0.15, 0.2) is 0 Å². The highest BCUT2D eigenvalue weighted by Crippen LogP contribution is 2.27. The molecule has 0 amide bonds. The molecule has 1 saturated heterocycles. The van der Waals surface area contributed by atoms with Gasteiger partial charge in [-0.1, -0.05) is 11.6 Å². The number of benzene rings is 1. The zero-order valence-corrected chi connectivity index (χ0v) is 14.6. The molecule has 4 rings (SSSR count). The first-order valence-corrected chi connectivity index (χ1v) is 8.66. The molecule has 1 aromatic carbocycles. The normalized spacial score (nSPS) is 20.7. The summed E-state index contributed by atoms with van der Waals surface area (Å²) in [6.07, 6.45) is 2.34. The molecule has 3 aromatic rings. The highest BCUT2D eigenvalue weighted by Gasteiger charge is 2.29. The summed E-state index contributed by atoms with van der Waals surface area (Å²) in [4.78, 5) is 14.9. The number of alkyl halides is 1. The van der Waals surface area contributed by atoms with Crippen LogP contribution in [0.2, 0.25) is 5.02 Å². The number of nitrogens with two attached hydrogens (primary N) is 1. The number of anilines is 1. The molecule has 1 aliphatic heterocycles. The van der Waals surface area contributed by atoms with E-state index in [-0.39, 0.29) is 5.82 Å². The molecule has 2 aromatic heterocycles.